The fourth-order valence-corrected chi connectivity index (χ4v) is 3.44. The van der Waals surface area contributed by atoms with Gasteiger partial charge < -0.3 is 20.6 Å². The van der Waals surface area contributed by atoms with Crippen LogP contribution in [0.15, 0.2) is 48.5 Å². The number of hydrogen-bond donors (Lipinski definition) is 4. The summed E-state index contributed by atoms with van der Waals surface area (Å²) in [6, 6.07) is 13.1. The van der Waals surface area contributed by atoms with E-state index in [0.29, 0.717) is 34.7 Å². The minimum absolute atomic E-state index is 0.109. The number of Topliss-reactive ketones (excluding diaryl/α,β-unsaturated/α-hetero) is 1. The van der Waals surface area contributed by atoms with Crippen molar-refractivity contribution in [2.45, 2.75) is 26.7 Å². The number of aryl methyl sites for hydroxylation is 3. The maximum Gasteiger partial charge on any atom is 0.296 e. The van der Waals surface area contributed by atoms with Gasteiger partial charge in [-0.05, 0) is 79.3 Å². The van der Waals surface area contributed by atoms with E-state index >= 15 is 0 Å². The van der Waals surface area contributed by atoms with E-state index in [9.17, 15) is 24.9 Å². The minimum Gasteiger partial charge on any atom is -0.507 e. The molecule has 0 spiro atoms. The molecular formula is C24H22ClNO5. The summed E-state index contributed by atoms with van der Waals surface area (Å²) in [6.07, 6.45) is 1.34. The zero-order chi connectivity index (χ0) is 22.7. The Bertz CT molecular complexity index is 1160. The smallest absolute Gasteiger partial charge is 0.296 e. The van der Waals surface area contributed by atoms with Crippen molar-refractivity contribution in [3.63, 3.8) is 0 Å². The van der Waals surface area contributed by atoms with Gasteiger partial charge in [-0.1, -0.05) is 29.8 Å². The molecular weight excluding hydrogens is 418 g/mol. The molecule has 0 heterocycles. The Morgan fingerprint density at radius 3 is 2.10 bits per heavy atom. The molecule has 0 saturated heterocycles. The number of rotatable bonds is 6. The third-order valence-electron chi connectivity index (χ3n) is 5.05. The molecule has 3 rings (SSSR count). The Morgan fingerprint density at radius 2 is 1.45 bits per heavy atom. The number of nitrogens with one attached hydrogen (secondary N) is 1. The normalized spacial score (nSPS) is 10.7. The monoisotopic (exact) mass is 439 g/mol. The van der Waals surface area contributed by atoms with Crippen LogP contribution in [0.5, 0.6) is 17.2 Å². The van der Waals surface area contributed by atoms with E-state index in [1.807, 2.05) is 12.1 Å². The Kier molecular flexibility index (Phi) is 6.51. The van der Waals surface area contributed by atoms with Crippen molar-refractivity contribution in [3.8, 4) is 17.2 Å². The molecule has 0 aliphatic carbocycles. The van der Waals surface area contributed by atoms with Crippen molar-refractivity contribution < 1.29 is 24.9 Å². The summed E-state index contributed by atoms with van der Waals surface area (Å²) in [5.74, 6) is -2.33. The number of carbonyl (C=O) groups excluding carboxylic acids is 2. The first-order valence-electron chi connectivity index (χ1n) is 9.61. The summed E-state index contributed by atoms with van der Waals surface area (Å²) in [6.45, 7) is 3.29. The van der Waals surface area contributed by atoms with Crippen LogP contribution in [-0.4, -0.2) is 27.0 Å². The number of benzene rings is 3. The van der Waals surface area contributed by atoms with Gasteiger partial charge in [0, 0.05) is 10.7 Å². The molecule has 4 N–H and O–H groups in total. The fraction of sp³-hybridized carbons (Fsp3) is 0.167. The Labute approximate surface area is 184 Å². The second kappa shape index (κ2) is 9.10. The minimum atomic E-state index is -0.870. The first-order valence-corrected chi connectivity index (χ1v) is 9.99. The van der Waals surface area contributed by atoms with Gasteiger partial charge in [0.1, 0.15) is 5.75 Å². The summed E-state index contributed by atoms with van der Waals surface area (Å²) in [7, 11) is 0. The van der Waals surface area contributed by atoms with Crippen molar-refractivity contribution in [1.82, 2.24) is 0 Å². The van der Waals surface area contributed by atoms with Crippen LogP contribution in [0.25, 0.3) is 0 Å². The van der Waals surface area contributed by atoms with Gasteiger partial charge in [0.25, 0.3) is 11.7 Å². The molecule has 0 unspecified atom stereocenters. The molecule has 160 valence electrons. The number of amides is 1. The molecule has 1 amide bonds. The van der Waals surface area contributed by atoms with E-state index in [2.05, 4.69) is 5.32 Å². The molecule has 0 aliphatic rings. The SMILES string of the molecule is Cc1cc(O)c(C(=O)C(=O)Nc2ccc(CCc3ccc(O)c(O)c3)cc2)c(C)c1Cl. The molecule has 0 aromatic heterocycles. The van der Waals surface area contributed by atoms with Crippen LogP contribution < -0.4 is 5.32 Å². The van der Waals surface area contributed by atoms with Crippen molar-refractivity contribution in [3.05, 3.63) is 81.4 Å². The van der Waals surface area contributed by atoms with Crippen LogP contribution in [-0.2, 0) is 17.6 Å². The van der Waals surface area contributed by atoms with Gasteiger partial charge in [0.2, 0.25) is 0 Å². The molecule has 0 atom stereocenters. The summed E-state index contributed by atoms with van der Waals surface area (Å²) >= 11 is 6.15. The molecule has 3 aromatic carbocycles. The summed E-state index contributed by atoms with van der Waals surface area (Å²) < 4.78 is 0. The van der Waals surface area contributed by atoms with E-state index in [-0.39, 0.29) is 22.8 Å². The van der Waals surface area contributed by atoms with Gasteiger partial charge in [0.15, 0.2) is 11.5 Å². The van der Waals surface area contributed by atoms with Crippen molar-refractivity contribution >= 4 is 29.0 Å². The van der Waals surface area contributed by atoms with Gasteiger partial charge in [-0.15, -0.1) is 0 Å². The molecule has 0 fully saturated rings. The summed E-state index contributed by atoms with van der Waals surface area (Å²) in [5, 5.41) is 31.9. The molecule has 7 heteroatoms. The predicted molar refractivity (Wildman–Crippen MR) is 119 cm³/mol. The summed E-state index contributed by atoms with van der Waals surface area (Å²) in [4.78, 5) is 25.0. The lowest BCUT2D eigenvalue weighted by atomic mass is 10.00. The standard InChI is InChI=1S/C24H22ClNO5/c1-13-11-20(29)21(14(2)22(13)25)23(30)24(31)26-17-8-5-15(6-9-17)3-4-16-7-10-18(27)19(28)12-16/h5-12,27-29H,3-4H2,1-2H3,(H,26,31). The number of halogens is 1. The Morgan fingerprint density at radius 1 is 0.839 bits per heavy atom. The van der Waals surface area contributed by atoms with E-state index in [4.69, 9.17) is 11.6 Å². The lowest BCUT2D eigenvalue weighted by Crippen LogP contribution is -2.24. The number of carbonyl (C=O) groups is 2. The zero-order valence-corrected chi connectivity index (χ0v) is 17.8. The average molecular weight is 440 g/mol. The Hall–Kier alpha value is -3.51. The first kappa shape index (κ1) is 22.2. The number of phenols is 3. The third kappa shape index (κ3) is 4.98. The second-order valence-electron chi connectivity index (χ2n) is 7.33. The highest BCUT2D eigenvalue weighted by Gasteiger charge is 2.24. The fourth-order valence-electron chi connectivity index (χ4n) is 3.29. The number of phenolic OH excluding ortho intramolecular Hbond substituents is 3. The lowest BCUT2D eigenvalue weighted by Gasteiger charge is -2.12. The van der Waals surface area contributed by atoms with Crippen molar-refractivity contribution in [2.24, 2.45) is 0 Å². The van der Waals surface area contributed by atoms with Gasteiger partial charge in [0.05, 0.1) is 5.56 Å². The van der Waals surface area contributed by atoms with Gasteiger partial charge in [-0.25, -0.2) is 0 Å². The molecule has 0 aliphatic heterocycles. The highest BCUT2D eigenvalue weighted by Crippen LogP contribution is 2.31. The van der Waals surface area contributed by atoms with Crippen LogP contribution in [0, 0.1) is 13.8 Å². The Balaban J connectivity index is 1.65. The first-order chi connectivity index (χ1) is 14.7. The number of ketones is 1. The van der Waals surface area contributed by atoms with E-state index in [0.717, 1.165) is 11.1 Å². The number of hydrogen-bond acceptors (Lipinski definition) is 5. The third-order valence-corrected chi connectivity index (χ3v) is 5.63. The largest absolute Gasteiger partial charge is 0.507 e. The molecule has 3 aromatic rings. The molecule has 31 heavy (non-hydrogen) atoms. The second-order valence-corrected chi connectivity index (χ2v) is 7.71. The van der Waals surface area contributed by atoms with Crippen LogP contribution in [0.2, 0.25) is 5.02 Å². The van der Waals surface area contributed by atoms with Gasteiger partial charge in [-0.2, -0.15) is 0 Å². The van der Waals surface area contributed by atoms with Crippen molar-refractivity contribution in [1.29, 1.82) is 0 Å². The quantitative estimate of drug-likeness (QED) is 0.253. The summed E-state index contributed by atoms with van der Waals surface area (Å²) in [5.41, 5.74) is 3.18. The molecule has 0 radical (unpaired) electrons. The zero-order valence-electron chi connectivity index (χ0n) is 17.1. The maximum atomic E-state index is 12.6. The van der Waals surface area contributed by atoms with Gasteiger partial charge >= 0.3 is 0 Å². The van der Waals surface area contributed by atoms with Crippen LogP contribution in [0.4, 0.5) is 5.69 Å². The van der Waals surface area contributed by atoms with E-state index < -0.39 is 11.7 Å². The van der Waals surface area contributed by atoms with Crippen LogP contribution in [0.1, 0.15) is 32.6 Å². The highest BCUT2D eigenvalue weighted by atomic mass is 35.5. The van der Waals surface area contributed by atoms with E-state index in [1.54, 1.807) is 32.0 Å². The lowest BCUT2D eigenvalue weighted by molar-refractivity contribution is -0.112. The maximum absolute atomic E-state index is 12.6. The topological polar surface area (TPSA) is 107 Å². The van der Waals surface area contributed by atoms with Gasteiger partial charge in [-0.3, -0.25) is 9.59 Å². The van der Waals surface area contributed by atoms with E-state index in [1.165, 1.54) is 18.2 Å². The van der Waals surface area contributed by atoms with Crippen LogP contribution >= 0.6 is 11.6 Å². The molecule has 6 nitrogen and oxygen atoms in total. The average Bonchev–Trinajstić information content (AvgIpc) is 2.74. The predicted octanol–water partition coefficient (Wildman–Crippen LogP) is 4.68. The molecule has 0 bridgehead atoms. The number of aromatic hydroxyl groups is 3. The number of anilines is 1. The van der Waals surface area contributed by atoms with Crippen LogP contribution in [0.3, 0.4) is 0 Å². The molecule has 0 saturated carbocycles. The highest BCUT2D eigenvalue weighted by molar-refractivity contribution is 6.48. The van der Waals surface area contributed by atoms with Crippen molar-refractivity contribution in [2.75, 3.05) is 5.32 Å².